The summed E-state index contributed by atoms with van der Waals surface area (Å²) in [5.41, 5.74) is 1.48. The van der Waals surface area contributed by atoms with Crippen LogP contribution in [-0.2, 0) is 16.6 Å². The fourth-order valence-electron chi connectivity index (χ4n) is 4.67. The van der Waals surface area contributed by atoms with E-state index in [-0.39, 0.29) is 40.3 Å². The van der Waals surface area contributed by atoms with Crippen molar-refractivity contribution >= 4 is 21.6 Å². The molecule has 10 nitrogen and oxygen atoms in total. The van der Waals surface area contributed by atoms with Gasteiger partial charge >= 0.3 is 0 Å². The number of amides is 1. The number of hydrogen-bond acceptors (Lipinski definition) is 8. The summed E-state index contributed by atoms with van der Waals surface area (Å²) >= 11 is 0. The van der Waals surface area contributed by atoms with E-state index in [0.717, 1.165) is 5.56 Å². The highest BCUT2D eigenvalue weighted by atomic mass is 32.2. The van der Waals surface area contributed by atoms with Crippen molar-refractivity contribution in [3.05, 3.63) is 78.1 Å². The van der Waals surface area contributed by atoms with Crippen LogP contribution in [0.4, 0.5) is 5.69 Å². The number of para-hydroxylation sites is 1. The van der Waals surface area contributed by atoms with Crippen LogP contribution in [0, 0.1) is 5.92 Å². The number of aliphatic hydroxyl groups is 1. The van der Waals surface area contributed by atoms with Crippen molar-refractivity contribution in [1.82, 2.24) is 14.8 Å². The number of aliphatic hydroxyl groups excluding tert-OH is 1. The van der Waals surface area contributed by atoms with Gasteiger partial charge in [-0.3, -0.25) is 19.4 Å². The molecule has 0 radical (unpaired) electrons. The summed E-state index contributed by atoms with van der Waals surface area (Å²) in [6.07, 6.45) is 3.10. The minimum atomic E-state index is -4.01. The molecule has 1 aliphatic heterocycles. The number of pyridine rings is 1. The maximum absolute atomic E-state index is 13.7. The van der Waals surface area contributed by atoms with Crippen molar-refractivity contribution in [2.45, 2.75) is 37.4 Å². The predicted octanol–water partition coefficient (Wildman–Crippen LogP) is 3.24. The summed E-state index contributed by atoms with van der Waals surface area (Å²) in [6.45, 7) is 5.11. The molecule has 2 N–H and O–H groups in total. The maximum Gasteiger partial charge on any atom is 0.262 e. The summed E-state index contributed by atoms with van der Waals surface area (Å²) < 4.78 is 40.9. The van der Waals surface area contributed by atoms with Crippen LogP contribution >= 0.6 is 0 Å². The van der Waals surface area contributed by atoms with Gasteiger partial charge in [-0.1, -0.05) is 13.0 Å². The Morgan fingerprint density at radius 1 is 1.18 bits per heavy atom. The lowest BCUT2D eigenvalue weighted by atomic mass is 9.99. The Kier molecular flexibility index (Phi) is 9.28. The van der Waals surface area contributed by atoms with Gasteiger partial charge in [0, 0.05) is 37.9 Å². The van der Waals surface area contributed by atoms with Crippen molar-refractivity contribution < 1.29 is 27.8 Å². The third-order valence-corrected chi connectivity index (χ3v) is 8.38. The molecule has 1 amide bonds. The molecule has 1 aromatic heterocycles. The summed E-state index contributed by atoms with van der Waals surface area (Å²) in [6, 6.07) is 14.3. The molecule has 0 spiro atoms. The molecule has 4 rings (SSSR count). The average molecular weight is 569 g/mol. The van der Waals surface area contributed by atoms with E-state index in [1.54, 1.807) is 54.5 Å². The third-order valence-electron chi connectivity index (χ3n) is 7.00. The molecule has 3 atom stereocenters. The first-order valence-corrected chi connectivity index (χ1v) is 14.6. The van der Waals surface area contributed by atoms with Gasteiger partial charge in [0.2, 0.25) is 0 Å². The van der Waals surface area contributed by atoms with Crippen LogP contribution in [0.1, 0.15) is 29.8 Å². The van der Waals surface area contributed by atoms with Crippen LogP contribution < -0.4 is 14.2 Å². The first-order chi connectivity index (χ1) is 19.1. The topological polar surface area (TPSA) is 121 Å². The Bertz CT molecular complexity index is 1400. The molecule has 214 valence electrons. The number of carbonyl (C=O) groups is 1. The smallest absolute Gasteiger partial charge is 0.262 e. The van der Waals surface area contributed by atoms with E-state index in [9.17, 15) is 18.3 Å². The zero-order chi connectivity index (χ0) is 28.9. The number of anilines is 1. The highest BCUT2D eigenvalue weighted by Gasteiger charge is 2.35. The normalized spacial score (nSPS) is 18.4. The number of hydrogen-bond donors (Lipinski definition) is 2. The molecule has 0 saturated carbocycles. The highest BCUT2D eigenvalue weighted by molar-refractivity contribution is 7.92. The molecule has 0 bridgehead atoms. The number of nitrogens with one attached hydrogen (secondary N) is 1. The standard InChI is InChI=1S/C29H36N4O6S/c1-20-16-33(21(2)19-34)29(35)25-6-5-7-26(31-40(36,37)24-10-8-23(38-4)9-11-24)28(25)39-27(20)18-32(3)17-22-12-14-30-15-13-22/h5-15,20-21,27,31,34H,16-19H2,1-4H3/t20-,21-,27+/m1/s1. The Labute approximate surface area is 235 Å². The van der Waals surface area contributed by atoms with Crippen LogP contribution in [0.3, 0.4) is 0 Å². The molecule has 40 heavy (non-hydrogen) atoms. The van der Waals surface area contributed by atoms with E-state index in [0.29, 0.717) is 25.4 Å². The van der Waals surface area contributed by atoms with E-state index < -0.39 is 22.2 Å². The second-order valence-electron chi connectivity index (χ2n) is 10.1. The molecular weight excluding hydrogens is 532 g/mol. The summed E-state index contributed by atoms with van der Waals surface area (Å²) in [4.78, 5) is 21.6. The zero-order valence-electron chi connectivity index (χ0n) is 23.1. The van der Waals surface area contributed by atoms with Gasteiger partial charge in [0.25, 0.3) is 15.9 Å². The molecule has 2 aromatic carbocycles. The van der Waals surface area contributed by atoms with Gasteiger partial charge in [0.15, 0.2) is 5.75 Å². The molecule has 11 heteroatoms. The lowest BCUT2D eigenvalue weighted by molar-refractivity contribution is 0.0344. The summed E-state index contributed by atoms with van der Waals surface area (Å²) in [7, 11) is -0.522. The number of fused-ring (bicyclic) bond motifs is 1. The van der Waals surface area contributed by atoms with Gasteiger partial charge < -0.3 is 19.5 Å². The van der Waals surface area contributed by atoms with Gasteiger partial charge in [-0.05, 0) is 68.1 Å². The average Bonchev–Trinajstić information content (AvgIpc) is 2.95. The fraction of sp³-hybridized carbons (Fsp3) is 0.379. The van der Waals surface area contributed by atoms with Crippen molar-refractivity contribution in [3.8, 4) is 11.5 Å². The van der Waals surface area contributed by atoms with Crippen LogP contribution in [0.2, 0.25) is 0 Å². The van der Waals surface area contributed by atoms with E-state index in [2.05, 4.69) is 14.6 Å². The van der Waals surface area contributed by atoms with E-state index >= 15 is 0 Å². The van der Waals surface area contributed by atoms with Gasteiger partial charge in [0.05, 0.1) is 35.9 Å². The van der Waals surface area contributed by atoms with Crippen LogP contribution in [-0.4, -0.2) is 80.2 Å². The van der Waals surface area contributed by atoms with Crippen LogP contribution in [0.25, 0.3) is 0 Å². The second-order valence-corrected chi connectivity index (χ2v) is 11.8. The van der Waals surface area contributed by atoms with Crippen molar-refractivity contribution in [2.75, 3.05) is 38.6 Å². The number of sulfonamides is 1. The number of nitrogens with zero attached hydrogens (tertiary/aromatic N) is 3. The molecule has 0 saturated heterocycles. The highest BCUT2D eigenvalue weighted by Crippen LogP contribution is 2.36. The van der Waals surface area contributed by atoms with Gasteiger partial charge in [0.1, 0.15) is 11.9 Å². The largest absolute Gasteiger partial charge is 0.497 e. The first-order valence-electron chi connectivity index (χ1n) is 13.1. The number of likely N-dealkylation sites (N-methyl/N-ethyl adjacent to an activating group) is 1. The Balaban J connectivity index is 1.70. The van der Waals surface area contributed by atoms with Crippen molar-refractivity contribution in [2.24, 2.45) is 5.92 Å². The second kappa shape index (κ2) is 12.7. The predicted molar refractivity (Wildman–Crippen MR) is 152 cm³/mol. The van der Waals surface area contributed by atoms with Crippen molar-refractivity contribution in [3.63, 3.8) is 0 Å². The maximum atomic E-state index is 13.7. The third kappa shape index (κ3) is 6.72. The molecule has 3 aromatic rings. The lowest BCUT2D eigenvalue weighted by Gasteiger charge is -2.38. The Morgan fingerprint density at radius 3 is 2.52 bits per heavy atom. The molecular formula is C29H36N4O6S. The number of methoxy groups -OCH3 is 1. The SMILES string of the molecule is COc1ccc(S(=O)(=O)Nc2cccc3c2O[C@@H](CN(C)Cc2ccncc2)[C@H](C)CN([C@H](C)CO)C3=O)cc1. The van der Waals surface area contributed by atoms with Crippen molar-refractivity contribution in [1.29, 1.82) is 0 Å². The van der Waals surface area contributed by atoms with Crippen LogP contribution in [0.5, 0.6) is 11.5 Å². The molecule has 0 unspecified atom stereocenters. The molecule has 0 aliphatic carbocycles. The van der Waals surface area contributed by atoms with Gasteiger partial charge in [-0.15, -0.1) is 0 Å². The molecule has 1 aliphatic rings. The summed E-state index contributed by atoms with van der Waals surface area (Å²) in [5, 5.41) is 9.91. The van der Waals surface area contributed by atoms with Gasteiger partial charge in [-0.2, -0.15) is 0 Å². The lowest BCUT2D eigenvalue weighted by Crippen LogP contribution is -2.49. The number of ether oxygens (including phenoxy) is 2. The number of benzene rings is 2. The summed E-state index contributed by atoms with van der Waals surface area (Å²) in [5.74, 6) is 0.229. The monoisotopic (exact) mass is 568 g/mol. The van der Waals surface area contributed by atoms with Crippen LogP contribution in [0.15, 0.2) is 71.9 Å². The molecule has 0 fully saturated rings. The number of aromatic nitrogens is 1. The van der Waals surface area contributed by atoms with E-state index in [1.165, 1.54) is 19.2 Å². The number of rotatable bonds is 10. The first kappa shape index (κ1) is 29.3. The molecule has 2 heterocycles. The minimum Gasteiger partial charge on any atom is -0.497 e. The Morgan fingerprint density at radius 2 is 1.88 bits per heavy atom. The quantitative estimate of drug-likeness (QED) is 0.382. The minimum absolute atomic E-state index is 0.0422. The number of carbonyl (C=O) groups excluding carboxylic acids is 1. The van der Waals surface area contributed by atoms with E-state index in [4.69, 9.17) is 9.47 Å². The Hall–Kier alpha value is -3.67. The fourth-order valence-corrected chi connectivity index (χ4v) is 5.73. The zero-order valence-corrected chi connectivity index (χ0v) is 24.0. The van der Waals surface area contributed by atoms with Gasteiger partial charge in [-0.25, -0.2) is 8.42 Å². The van der Waals surface area contributed by atoms with E-state index in [1.807, 2.05) is 26.1 Å².